The monoisotopic (exact) mass is 305 g/mol. The maximum Gasteiger partial charge on any atom is 0.243 e. The minimum absolute atomic E-state index is 0.121. The van der Waals surface area contributed by atoms with Crippen molar-refractivity contribution < 1.29 is 12.8 Å². The predicted octanol–water partition coefficient (Wildman–Crippen LogP) is 3.50. The lowest BCUT2D eigenvalue weighted by atomic mass is 10.00. The Bertz CT molecular complexity index is 690. The number of nitrogens with zero attached hydrogens (tertiary/aromatic N) is 1. The van der Waals surface area contributed by atoms with Gasteiger partial charge in [-0.15, -0.1) is 0 Å². The lowest BCUT2D eigenvalue weighted by Gasteiger charge is -2.34. The number of rotatable bonds is 3. The van der Waals surface area contributed by atoms with E-state index >= 15 is 0 Å². The van der Waals surface area contributed by atoms with Gasteiger partial charge in [-0.05, 0) is 38.0 Å². The van der Waals surface area contributed by atoms with Gasteiger partial charge < -0.3 is 4.42 Å². The van der Waals surface area contributed by atoms with E-state index in [1.807, 2.05) is 25.1 Å². The van der Waals surface area contributed by atoms with Crippen LogP contribution in [0, 0.1) is 6.92 Å². The molecule has 3 rings (SSSR count). The van der Waals surface area contributed by atoms with Crippen molar-refractivity contribution in [1.29, 1.82) is 0 Å². The maximum atomic E-state index is 12.9. The number of aryl methyl sites for hydroxylation is 1. The summed E-state index contributed by atoms with van der Waals surface area (Å²) >= 11 is 0. The van der Waals surface area contributed by atoms with Crippen LogP contribution in [0.4, 0.5) is 0 Å². The van der Waals surface area contributed by atoms with Crippen LogP contribution >= 0.6 is 0 Å². The first-order valence-electron chi connectivity index (χ1n) is 7.19. The van der Waals surface area contributed by atoms with Crippen molar-refractivity contribution in [2.24, 2.45) is 0 Å². The quantitative estimate of drug-likeness (QED) is 0.872. The summed E-state index contributed by atoms with van der Waals surface area (Å²) in [5.74, 6) is 0. The van der Waals surface area contributed by atoms with E-state index in [4.69, 9.17) is 4.42 Å². The fraction of sp³-hybridized carbons (Fsp3) is 0.375. The van der Waals surface area contributed by atoms with Crippen LogP contribution in [0.25, 0.3) is 0 Å². The number of hydrogen-bond acceptors (Lipinski definition) is 3. The molecule has 0 bridgehead atoms. The van der Waals surface area contributed by atoms with E-state index < -0.39 is 10.0 Å². The molecule has 0 aliphatic carbocycles. The average molecular weight is 305 g/mol. The molecular formula is C16H19NO3S. The van der Waals surface area contributed by atoms with Gasteiger partial charge in [-0.3, -0.25) is 0 Å². The molecule has 0 amide bonds. The second-order valence-electron chi connectivity index (χ2n) is 5.50. The number of sulfonamides is 1. The van der Waals surface area contributed by atoms with E-state index in [1.54, 1.807) is 29.0 Å². The summed E-state index contributed by atoms with van der Waals surface area (Å²) in [6.45, 7) is 2.51. The molecular weight excluding hydrogens is 286 g/mol. The van der Waals surface area contributed by atoms with Gasteiger partial charge in [0.1, 0.15) is 0 Å². The predicted molar refractivity (Wildman–Crippen MR) is 80.4 cm³/mol. The van der Waals surface area contributed by atoms with Gasteiger partial charge in [0.05, 0.1) is 23.5 Å². The molecule has 0 saturated carbocycles. The van der Waals surface area contributed by atoms with Gasteiger partial charge in [0.25, 0.3) is 0 Å². The molecule has 0 unspecified atom stereocenters. The van der Waals surface area contributed by atoms with Crippen LogP contribution < -0.4 is 0 Å². The van der Waals surface area contributed by atoms with Crippen molar-refractivity contribution in [3.05, 3.63) is 54.0 Å². The molecule has 1 aromatic carbocycles. The van der Waals surface area contributed by atoms with Crippen LogP contribution in [-0.2, 0) is 10.0 Å². The lowest BCUT2D eigenvalue weighted by Crippen LogP contribution is -2.38. The van der Waals surface area contributed by atoms with Crippen LogP contribution in [-0.4, -0.2) is 19.3 Å². The minimum atomic E-state index is -3.46. The molecule has 5 heteroatoms. The standard InChI is InChI=1S/C16H19NO3S/c1-13-5-7-15(8-6-13)21(18,19)17-10-3-2-4-16(17)14-9-11-20-12-14/h5-9,11-12,16H,2-4,10H2,1H3/t16-/m0/s1. The summed E-state index contributed by atoms with van der Waals surface area (Å²) in [5.41, 5.74) is 1.99. The largest absolute Gasteiger partial charge is 0.472 e. The van der Waals surface area contributed by atoms with E-state index in [1.165, 1.54) is 0 Å². The topological polar surface area (TPSA) is 50.5 Å². The third-order valence-electron chi connectivity index (χ3n) is 4.01. The van der Waals surface area contributed by atoms with Crippen LogP contribution in [0.3, 0.4) is 0 Å². The highest BCUT2D eigenvalue weighted by molar-refractivity contribution is 7.89. The van der Waals surface area contributed by atoms with Gasteiger partial charge in [0, 0.05) is 12.1 Å². The van der Waals surface area contributed by atoms with Crippen molar-refractivity contribution in [3.8, 4) is 0 Å². The van der Waals surface area contributed by atoms with Crippen LogP contribution in [0.15, 0.2) is 52.2 Å². The fourth-order valence-electron chi connectivity index (χ4n) is 2.84. The molecule has 1 saturated heterocycles. The Morgan fingerprint density at radius 2 is 1.90 bits per heavy atom. The molecule has 1 aliphatic heterocycles. The Morgan fingerprint density at radius 1 is 1.14 bits per heavy atom. The Morgan fingerprint density at radius 3 is 2.57 bits per heavy atom. The third kappa shape index (κ3) is 2.76. The highest BCUT2D eigenvalue weighted by Gasteiger charge is 2.34. The van der Waals surface area contributed by atoms with Gasteiger partial charge in [-0.1, -0.05) is 24.1 Å². The second-order valence-corrected chi connectivity index (χ2v) is 7.39. The summed E-state index contributed by atoms with van der Waals surface area (Å²) in [4.78, 5) is 0.364. The molecule has 21 heavy (non-hydrogen) atoms. The zero-order valence-corrected chi connectivity index (χ0v) is 12.8. The molecule has 112 valence electrons. The van der Waals surface area contributed by atoms with E-state index in [-0.39, 0.29) is 6.04 Å². The molecule has 1 aromatic heterocycles. The van der Waals surface area contributed by atoms with Crippen molar-refractivity contribution in [3.63, 3.8) is 0 Å². The molecule has 1 aliphatic rings. The Kier molecular flexibility index (Phi) is 3.87. The maximum absolute atomic E-state index is 12.9. The smallest absolute Gasteiger partial charge is 0.243 e. The van der Waals surface area contributed by atoms with Crippen LogP contribution in [0.1, 0.15) is 36.4 Å². The Hall–Kier alpha value is -1.59. The summed E-state index contributed by atoms with van der Waals surface area (Å²) in [7, 11) is -3.46. The van der Waals surface area contributed by atoms with Crippen molar-refractivity contribution in [1.82, 2.24) is 4.31 Å². The van der Waals surface area contributed by atoms with E-state index in [0.717, 1.165) is 30.4 Å². The van der Waals surface area contributed by atoms with E-state index in [2.05, 4.69) is 0 Å². The van der Waals surface area contributed by atoms with Gasteiger partial charge >= 0.3 is 0 Å². The first-order valence-corrected chi connectivity index (χ1v) is 8.63. The van der Waals surface area contributed by atoms with Gasteiger partial charge in [-0.25, -0.2) is 8.42 Å². The molecule has 0 N–H and O–H groups in total. The van der Waals surface area contributed by atoms with Crippen LogP contribution in [0.2, 0.25) is 0 Å². The minimum Gasteiger partial charge on any atom is -0.472 e. The highest BCUT2D eigenvalue weighted by atomic mass is 32.2. The zero-order valence-electron chi connectivity index (χ0n) is 12.0. The van der Waals surface area contributed by atoms with Crippen molar-refractivity contribution in [2.45, 2.75) is 37.1 Å². The number of hydrogen-bond donors (Lipinski definition) is 0. The zero-order chi connectivity index (χ0) is 14.9. The molecule has 0 radical (unpaired) electrons. The fourth-order valence-corrected chi connectivity index (χ4v) is 4.52. The molecule has 1 fully saturated rings. The Balaban J connectivity index is 1.97. The van der Waals surface area contributed by atoms with Gasteiger partial charge in [0.15, 0.2) is 0 Å². The first-order chi connectivity index (χ1) is 10.1. The average Bonchev–Trinajstić information content (AvgIpc) is 3.02. The molecule has 1 atom stereocenters. The highest BCUT2D eigenvalue weighted by Crippen LogP contribution is 2.35. The van der Waals surface area contributed by atoms with Gasteiger partial charge in [0.2, 0.25) is 10.0 Å². The molecule has 4 nitrogen and oxygen atoms in total. The second kappa shape index (κ2) is 5.66. The number of furan rings is 1. The third-order valence-corrected chi connectivity index (χ3v) is 5.93. The first kappa shape index (κ1) is 14.4. The number of benzene rings is 1. The van der Waals surface area contributed by atoms with E-state index in [0.29, 0.717) is 11.4 Å². The van der Waals surface area contributed by atoms with Gasteiger partial charge in [-0.2, -0.15) is 4.31 Å². The summed E-state index contributed by atoms with van der Waals surface area (Å²) in [5, 5.41) is 0. The SMILES string of the molecule is Cc1ccc(S(=O)(=O)N2CCCC[C@H]2c2ccoc2)cc1. The number of piperidine rings is 1. The molecule has 0 spiro atoms. The van der Waals surface area contributed by atoms with Crippen molar-refractivity contribution in [2.75, 3.05) is 6.54 Å². The Labute approximate surface area is 125 Å². The summed E-state index contributed by atoms with van der Waals surface area (Å²) in [6.07, 6.45) is 6.02. The van der Waals surface area contributed by atoms with Crippen molar-refractivity contribution >= 4 is 10.0 Å². The normalized spacial score (nSPS) is 20.5. The molecule has 2 aromatic rings. The summed E-state index contributed by atoms with van der Waals surface area (Å²) < 4.78 is 32.5. The van der Waals surface area contributed by atoms with E-state index in [9.17, 15) is 8.42 Å². The summed E-state index contributed by atoms with van der Waals surface area (Å²) in [6, 6.07) is 8.78. The van der Waals surface area contributed by atoms with Crippen LogP contribution in [0.5, 0.6) is 0 Å². The molecule has 2 heterocycles. The lowest BCUT2D eigenvalue weighted by molar-refractivity contribution is 0.255.